The summed E-state index contributed by atoms with van der Waals surface area (Å²) in [5.74, 6) is 0.254. The van der Waals surface area contributed by atoms with Gasteiger partial charge in [0.25, 0.3) is 0 Å². The van der Waals surface area contributed by atoms with Crippen LogP contribution < -0.4 is 10.6 Å². The molecule has 0 unspecified atom stereocenters. The molecule has 0 aromatic heterocycles. The maximum Gasteiger partial charge on any atom is 0.147 e. The Kier molecular flexibility index (Phi) is 3.94. The van der Waals surface area contributed by atoms with Crippen LogP contribution in [0.15, 0.2) is 18.2 Å². The summed E-state index contributed by atoms with van der Waals surface area (Å²) in [7, 11) is 0. The van der Waals surface area contributed by atoms with Gasteiger partial charge < -0.3 is 10.6 Å². The molecule has 1 saturated heterocycles. The van der Waals surface area contributed by atoms with Gasteiger partial charge in [-0.1, -0.05) is 0 Å². The summed E-state index contributed by atoms with van der Waals surface area (Å²) in [6.07, 6.45) is 2.26. The molecule has 0 atom stereocenters. The summed E-state index contributed by atoms with van der Waals surface area (Å²) in [6.45, 7) is 2.88. The predicted octanol–water partition coefficient (Wildman–Crippen LogP) is 2.11. The first-order chi connectivity index (χ1) is 8.29. The molecule has 0 bridgehead atoms. The first-order valence-electron chi connectivity index (χ1n) is 5.94. The van der Waals surface area contributed by atoms with Crippen LogP contribution in [0.4, 0.5) is 10.1 Å². The van der Waals surface area contributed by atoms with Gasteiger partial charge in [-0.15, -0.1) is 0 Å². The number of hydrogen-bond donors (Lipinski definition) is 2. The Labute approximate surface area is 101 Å². The van der Waals surface area contributed by atoms with Crippen LogP contribution in [0.25, 0.3) is 0 Å². The summed E-state index contributed by atoms with van der Waals surface area (Å²) in [5.41, 5.74) is 0.845. The molecule has 90 valence electrons. The number of hydrogen-bond acceptors (Lipinski definition) is 3. The largest absolute Gasteiger partial charge is 0.382 e. The number of nitrogens with one attached hydrogen (secondary N) is 2. The van der Waals surface area contributed by atoms with Gasteiger partial charge in [0.05, 0.1) is 17.3 Å². The Morgan fingerprint density at radius 3 is 2.82 bits per heavy atom. The van der Waals surface area contributed by atoms with E-state index in [1.165, 1.54) is 6.07 Å². The van der Waals surface area contributed by atoms with Crippen molar-refractivity contribution in [2.45, 2.75) is 12.8 Å². The van der Waals surface area contributed by atoms with Gasteiger partial charge in [0.1, 0.15) is 5.82 Å². The minimum atomic E-state index is -0.349. The summed E-state index contributed by atoms with van der Waals surface area (Å²) in [4.78, 5) is 0. The number of nitrogens with zero attached hydrogens (tertiary/aromatic N) is 1. The van der Waals surface area contributed by atoms with Crippen molar-refractivity contribution in [3.8, 4) is 6.07 Å². The number of piperidine rings is 1. The van der Waals surface area contributed by atoms with Crippen molar-refractivity contribution >= 4 is 5.69 Å². The van der Waals surface area contributed by atoms with Crippen LogP contribution in [0, 0.1) is 23.1 Å². The topological polar surface area (TPSA) is 47.9 Å². The van der Waals surface area contributed by atoms with Gasteiger partial charge in [-0.25, -0.2) is 4.39 Å². The van der Waals surface area contributed by atoms with E-state index in [4.69, 9.17) is 5.26 Å². The van der Waals surface area contributed by atoms with Crippen LogP contribution in [-0.2, 0) is 0 Å². The van der Waals surface area contributed by atoms with Crippen LogP contribution in [-0.4, -0.2) is 19.6 Å². The zero-order chi connectivity index (χ0) is 12.1. The van der Waals surface area contributed by atoms with Gasteiger partial charge in [0.2, 0.25) is 0 Å². The lowest BCUT2D eigenvalue weighted by Gasteiger charge is -2.23. The fourth-order valence-electron chi connectivity index (χ4n) is 2.07. The van der Waals surface area contributed by atoms with Gasteiger partial charge in [-0.3, -0.25) is 0 Å². The van der Waals surface area contributed by atoms with Gasteiger partial charge in [0, 0.05) is 6.54 Å². The molecule has 4 heteroatoms. The molecule has 17 heavy (non-hydrogen) atoms. The van der Waals surface area contributed by atoms with Crippen LogP contribution >= 0.6 is 0 Å². The molecule has 1 aromatic carbocycles. The maximum atomic E-state index is 13.6. The third kappa shape index (κ3) is 3.18. The second-order valence-corrected chi connectivity index (χ2v) is 4.38. The third-order valence-corrected chi connectivity index (χ3v) is 3.14. The molecule has 3 nitrogen and oxygen atoms in total. The molecule has 2 N–H and O–H groups in total. The lowest BCUT2D eigenvalue weighted by Crippen LogP contribution is -2.31. The highest BCUT2D eigenvalue weighted by molar-refractivity contribution is 5.48. The Balaban J connectivity index is 1.92. The monoisotopic (exact) mass is 233 g/mol. The summed E-state index contributed by atoms with van der Waals surface area (Å²) >= 11 is 0. The number of anilines is 1. The lowest BCUT2D eigenvalue weighted by atomic mass is 9.98. The van der Waals surface area contributed by atoms with Gasteiger partial charge in [-0.05, 0) is 50.0 Å². The van der Waals surface area contributed by atoms with Gasteiger partial charge in [-0.2, -0.15) is 5.26 Å². The molecule has 0 radical (unpaired) electrons. The third-order valence-electron chi connectivity index (χ3n) is 3.14. The zero-order valence-corrected chi connectivity index (χ0v) is 9.67. The minimum Gasteiger partial charge on any atom is -0.382 e. The van der Waals surface area contributed by atoms with E-state index in [0.29, 0.717) is 17.2 Å². The molecule has 1 aromatic rings. The van der Waals surface area contributed by atoms with E-state index in [9.17, 15) is 4.39 Å². The first kappa shape index (κ1) is 11.9. The summed E-state index contributed by atoms with van der Waals surface area (Å²) < 4.78 is 13.6. The van der Waals surface area contributed by atoms with Gasteiger partial charge >= 0.3 is 0 Å². The van der Waals surface area contributed by atoms with E-state index >= 15 is 0 Å². The minimum absolute atomic E-state index is 0.349. The Bertz CT molecular complexity index is 419. The van der Waals surface area contributed by atoms with Crippen molar-refractivity contribution in [3.05, 3.63) is 29.6 Å². The quantitative estimate of drug-likeness (QED) is 0.840. The van der Waals surface area contributed by atoms with E-state index in [2.05, 4.69) is 10.6 Å². The molecular formula is C13H16FN3. The summed E-state index contributed by atoms with van der Waals surface area (Å²) in [5, 5.41) is 15.1. The second kappa shape index (κ2) is 5.65. The number of rotatable bonds is 3. The zero-order valence-electron chi connectivity index (χ0n) is 9.67. The molecule has 2 rings (SSSR count). The molecule has 1 heterocycles. The van der Waals surface area contributed by atoms with E-state index in [1.807, 2.05) is 6.07 Å². The van der Waals surface area contributed by atoms with E-state index in [1.54, 1.807) is 12.1 Å². The highest BCUT2D eigenvalue weighted by Crippen LogP contribution is 2.18. The van der Waals surface area contributed by atoms with Crippen molar-refractivity contribution in [3.63, 3.8) is 0 Å². The van der Waals surface area contributed by atoms with Gasteiger partial charge in [0.15, 0.2) is 0 Å². The molecule has 1 fully saturated rings. The highest BCUT2D eigenvalue weighted by atomic mass is 19.1. The number of halogens is 1. The fourth-order valence-corrected chi connectivity index (χ4v) is 2.07. The molecule has 1 aliphatic rings. The molecule has 0 aliphatic carbocycles. The van der Waals surface area contributed by atoms with Crippen molar-refractivity contribution in [1.82, 2.24) is 5.32 Å². The summed E-state index contributed by atoms with van der Waals surface area (Å²) in [6, 6.07) is 6.46. The Morgan fingerprint density at radius 2 is 2.18 bits per heavy atom. The normalized spacial score (nSPS) is 16.5. The SMILES string of the molecule is N#Cc1ccc(NCC2CCNCC2)c(F)c1. The van der Waals surface area contributed by atoms with Crippen molar-refractivity contribution in [2.24, 2.45) is 5.92 Å². The van der Waals surface area contributed by atoms with Crippen LogP contribution in [0.1, 0.15) is 18.4 Å². The highest BCUT2D eigenvalue weighted by Gasteiger charge is 2.13. The maximum absolute atomic E-state index is 13.6. The predicted molar refractivity (Wildman–Crippen MR) is 65.2 cm³/mol. The van der Waals surface area contributed by atoms with E-state index in [-0.39, 0.29) is 5.82 Å². The van der Waals surface area contributed by atoms with E-state index in [0.717, 1.165) is 32.5 Å². The first-order valence-corrected chi connectivity index (χ1v) is 5.94. The smallest absolute Gasteiger partial charge is 0.147 e. The molecule has 0 spiro atoms. The fraction of sp³-hybridized carbons (Fsp3) is 0.462. The molecular weight excluding hydrogens is 217 g/mol. The standard InChI is InChI=1S/C13H16FN3/c14-12-7-11(8-15)1-2-13(12)17-9-10-3-5-16-6-4-10/h1-2,7,10,16-17H,3-6,9H2. The average Bonchev–Trinajstić information content (AvgIpc) is 2.38. The van der Waals surface area contributed by atoms with Crippen molar-refractivity contribution in [1.29, 1.82) is 5.26 Å². The average molecular weight is 233 g/mol. The Morgan fingerprint density at radius 1 is 1.41 bits per heavy atom. The second-order valence-electron chi connectivity index (χ2n) is 4.38. The molecule has 0 saturated carbocycles. The molecule has 1 aliphatic heterocycles. The number of nitriles is 1. The van der Waals surface area contributed by atoms with Crippen LogP contribution in [0.2, 0.25) is 0 Å². The molecule has 0 amide bonds. The number of benzene rings is 1. The Hall–Kier alpha value is -1.60. The lowest BCUT2D eigenvalue weighted by molar-refractivity contribution is 0.389. The van der Waals surface area contributed by atoms with Crippen LogP contribution in [0.5, 0.6) is 0 Å². The van der Waals surface area contributed by atoms with Crippen molar-refractivity contribution < 1.29 is 4.39 Å². The van der Waals surface area contributed by atoms with Crippen LogP contribution in [0.3, 0.4) is 0 Å². The van der Waals surface area contributed by atoms with Crippen molar-refractivity contribution in [2.75, 3.05) is 25.0 Å². The van der Waals surface area contributed by atoms with E-state index < -0.39 is 0 Å².